The lowest BCUT2D eigenvalue weighted by atomic mass is 9.94. The van der Waals surface area contributed by atoms with E-state index in [9.17, 15) is 9.59 Å². The van der Waals surface area contributed by atoms with E-state index >= 15 is 0 Å². The number of nitrogens with two attached hydrogens (primary N) is 1. The summed E-state index contributed by atoms with van der Waals surface area (Å²) >= 11 is 0. The number of anilines is 3. The van der Waals surface area contributed by atoms with Crippen LogP contribution in [0.25, 0.3) is 0 Å². The van der Waals surface area contributed by atoms with Crippen molar-refractivity contribution in [3.8, 4) is 12.1 Å². The number of piperidine rings is 1. The molecule has 0 bridgehead atoms. The van der Waals surface area contributed by atoms with Crippen molar-refractivity contribution in [2.45, 2.75) is 19.3 Å². The highest BCUT2D eigenvalue weighted by Crippen LogP contribution is 2.26. The van der Waals surface area contributed by atoms with Gasteiger partial charge in [0, 0.05) is 25.2 Å². The monoisotopic (exact) mass is 468 g/mol. The van der Waals surface area contributed by atoms with Crippen molar-refractivity contribution in [3.05, 3.63) is 71.9 Å². The van der Waals surface area contributed by atoms with Crippen molar-refractivity contribution in [1.82, 2.24) is 14.8 Å². The molecule has 3 N–H and O–H groups in total. The number of para-hydroxylation sites is 1. The first-order valence-corrected chi connectivity index (χ1v) is 11.2. The molecule has 0 spiro atoms. The molecule has 1 aliphatic rings. The van der Waals surface area contributed by atoms with Gasteiger partial charge in [-0.2, -0.15) is 20.3 Å². The van der Waals surface area contributed by atoms with Gasteiger partial charge in [0.05, 0.1) is 29.6 Å². The van der Waals surface area contributed by atoms with Crippen LogP contribution in [-0.2, 0) is 0 Å². The number of amides is 3. The van der Waals surface area contributed by atoms with Gasteiger partial charge in [-0.3, -0.25) is 4.79 Å². The van der Waals surface area contributed by atoms with Gasteiger partial charge in [0.1, 0.15) is 5.56 Å². The summed E-state index contributed by atoms with van der Waals surface area (Å²) in [4.78, 5) is 28.9. The van der Waals surface area contributed by atoms with E-state index in [0.29, 0.717) is 36.4 Å². The summed E-state index contributed by atoms with van der Waals surface area (Å²) in [6, 6.07) is 19.6. The van der Waals surface area contributed by atoms with Crippen LogP contribution in [0.3, 0.4) is 0 Å². The van der Waals surface area contributed by atoms with Gasteiger partial charge in [0.2, 0.25) is 0 Å². The molecule has 0 aliphatic carbocycles. The number of benzene rings is 2. The first-order chi connectivity index (χ1) is 17.0. The summed E-state index contributed by atoms with van der Waals surface area (Å²) in [5.74, 6) is -0.220. The summed E-state index contributed by atoms with van der Waals surface area (Å²) < 4.78 is 0. The number of urea groups is 1. The maximum Gasteiger partial charge on any atom is 0.345 e. The molecule has 1 aromatic heterocycles. The Balaban J connectivity index is 1.70. The smallest absolute Gasteiger partial charge is 0.345 e. The minimum absolute atomic E-state index is 0.119. The van der Waals surface area contributed by atoms with Crippen LogP contribution in [0.4, 0.5) is 22.0 Å². The van der Waals surface area contributed by atoms with E-state index in [1.807, 2.05) is 30.3 Å². The Kier molecular flexibility index (Phi) is 6.94. The van der Waals surface area contributed by atoms with E-state index in [-0.39, 0.29) is 23.3 Å². The number of hydrogen-bond acceptors (Lipinski definition) is 6. The molecule has 0 radical (unpaired) electrons. The summed E-state index contributed by atoms with van der Waals surface area (Å²) in [6.07, 6.45) is 3.34. The summed E-state index contributed by atoms with van der Waals surface area (Å²) in [5.41, 5.74) is 7.35. The van der Waals surface area contributed by atoms with Crippen molar-refractivity contribution < 1.29 is 9.59 Å². The first kappa shape index (κ1) is 23.3. The number of carbonyl (C=O) groups excluding carboxylic acids is 2. The molecule has 0 unspecified atom stereocenters. The van der Waals surface area contributed by atoms with Crippen molar-refractivity contribution in [2.24, 2.45) is 11.7 Å². The molecule has 2 heterocycles. The lowest BCUT2D eigenvalue weighted by molar-refractivity contribution is 0.100. The third-order valence-corrected chi connectivity index (χ3v) is 5.90. The van der Waals surface area contributed by atoms with Gasteiger partial charge in [-0.1, -0.05) is 18.2 Å². The van der Waals surface area contributed by atoms with Crippen LogP contribution in [0.1, 0.15) is 35.2 Å². The average Bonchev–Trinajstić information content (AvgIpc) is 3.29. The molecule has 176 valence electrons. The fourth-order valence-corrected chi connectivity index (χ4v) is 3.98. The highest BCUT2D eigenvalue weighted by Gasteiger charge is 2.30. The molecule has 2 aromatic carbocycles. The Morgan fingerprint density at radius 2 is 1.77 bits per heavy atom. The Bertz CT molecular complexity index is 1280. The topological polar surface area (TPSA) is 144 Å². The molecule has 1 fully saturated rings. The van der Waals surface area contributed by atoms with Gasteiger partial charge < -0.3 is 16.0 Å². The summed E-state index contributed by atoms with van der Waals surface area (Å²) in [6.45, 7) is 0.994. The maximum atomic E-state index is 13.7. The molecule has 0 atom stereocenters. The molecule has 10 heteroatoms. The highest BCUT2D eigenvalue weighted by atomic mass is 16.2. The summed E-state index contributed by atoms with van der Waals surface area (Å²) in [7, 11) is 0. The SMILES string of the molecule is N#CCC1CCN(C(=O)N(c2ccc(C#N)cc2)n2cc(C(N)=O)c(Nc3ccccc3)n2)CC1. The predicted molar refractivity (Wildman–Crippen MR) is 129 cm³/mol. The van der Waals surface area contributed by atoms with Crippen molar-refractivity contribution in [1.29, 1.82) is 10.5 Å². The largest absolute Gasteiger partial charge is 0.365 e. The number of primary amides is 1. The molecule has 35 heavy (non-hydrogen) atoms. The van der Waals surface area contributed by atoms with Gasteiger partial charge >= 0.3 is 6.03 Å². The Hall–Kier alpha value is -4.83. The molecule has 4 rings (SSSR count). The Morgan fingerprint density at radius 3 is 2.37 bits per heavy atom. The van der Waals surface area contributed by atoms with Crippen LogP contribution in [0.2, 0.25) is 0 Å². The fourth-order valence-electron chi connectivity index (χ4n) is 3.98. The van der Waals surface area contributed by atoms with Crippen LogP contribution in [0, 0.1) is 28.6 Å². The van der Waals surface area contributed by atoms with Crippen LogP contribution in [-0.4, -0.2) is 39.8 Å². The lowest BCUT2D eigenvalue weighted by Gasteiger charge is -2.35. The first-order valence-electron chi connectivity index (χ1n) is 11.2. The number of carbonyl (C=O) groups is 2. The molecule has 10 nitrogen and oxygen atoms in total. The number of nitrogens with one attached hydrogen (secondary N) is 1. The van der Waals surface area contributed by atoms with Gasteiger partial charge in [-0.15, -0.1) is 5.10 Å². The van der Waals surface area contributed by atoms with Crippen LogP contribution in [0.15, 0.2) is 60.8 Å². The Morgan fingerprint density at radius 1 is 1.09 bits per heavy atom. The number of rotatable bonds is 6. The molecule has 1 saturated heterocycles. The van der Waals surface area contributed by atoms with Gasteiger partial charge in [-0.05, 0) is 55.2 Å². The molecule has 0 saturated carbocycles. The molecule has 3 amide bonds. The van der Waals surface area contributed by atoms with Crippen molar-refractivity contribution >= 4 is 29.1 Å². The van der Waals surface area contributed by atoms with E-state index in [1.165, 1.54) is 16.0 Å². The zero-order chi connectivity index (χ0) is 24.8. The van der Waals surface area contributed by atoms with Crippen LogP contribution < -0.4 is 16.1 Å². The maximum absolute atomic E-state index is 13.7. The Labute approximate surface area is 202 Å². The minimum Gasteiger partial charge on any atom is -0.365 e. The van der Waals surface area contributed by atoms with Crippen LogP contribution in [0.5, 0.6) is 0 Å². The predicted octanol–water partition coefficient (Wildman–Crippen LogP) is 3.61. The molecule has 1 aliphatic heterocycles. The third-order valence-electron chi connectivity index (χ3n) is 5.90. The van der Waals surface area contributed by atoms with Gasteiger partial charge in [0.15, 0.2) is 5.82 Å². The standard InChI is InChI=1S/C25H24N8O2/c26-13-10-18-11-14-31(15-12-18)25(35)33(21-8-6-19(16-27)7-9-21)32-17-22(23(28)34)24(30-32)29-20-4-2-1-3-5-20/h1-9,17-18H,10-12,14-15H2,(H2,28,34)(H,29,30). The quantitative estimate of drug-likeness (QED) is 0.565. The molecular formula is C25H24N8O2. The van der Waals surface area contributed by atoms with Gasteiger partial charge in [-0.25, -0.2) is 4.79 Å². The van der Waals surface area contributed by atoms with Crippen molar-refractivity contribution in [2.75, 3.05) is 23.4 Å². The fraction of sp³-hybridized carbons (Fsp3) is 0.240. The zero-order valence-electron chi connectivity index (χ0n) is 19.0. The van der Waals surface area contributed by atoms with Crippen molar-refractivity contribution in [3.63, 3.8) is 0 Å². The van der Waals surface area contributed by atoms with Gasteiger partial charge in [0.25, 0.3) is 5.91 Å². The average molecular weight is 469 g/mol. The van der Waals surface area contributed by atoms with E-state index < -0.39 is 5.91 Å². The number of nitriles is 2. The second-order valence-electron chi connectivity index (χ2n) is 8.21. The number of aromatic nitrogens is 2. The minimum atomic E-state index is -0.695. The van der Waals surface area contributed by atoms with E-state index in [4.69, 9.17) is 16.3 Å². The molecule has 3 aromatic rings. The number of hydrogen-bond donors (Lipinski definition) is 2. The summed E-state index contributed by atoms with van der Waals surface area (Å²) in [5, 5.41) is 27.1. The zero-order valence-corrected chi connectivity index (χ0v) is 19.0. The van der Waals surface area contributed by atoms with E-state index in [1.54, 1.807) is 29.2 Å². The number of likely N-dealkylation sites (tertiary alicyclic amines) is 1. The second-order valence-corrected chi connectivity index (χ2v) is 8.21. The third kappa shape index (κ3) is 5.23. The number of nitrogens with zero attached hydrogens (tertiary/aromatic N) is 6. The lowest BCUT2D eigenvalue weighted by Crippen LogP contribution is -2.49. The van der Waals surface area contributed by atoms with E-state index in [0.717, 1.165) is 12.8 Å². The highest BCUT2D eigenvalue weighted by molar-refractivity contribution is 5.99. The van der Waals surface area contributed by atoms with Crippen LogP contribution >= 0.6 is 0 Å². The normalized spacial score (nSPS) is 13.5. The van der Waals surface area contributed by atoms with E-state index in [2.05, 4.69) is 22.6 Å². The second kappa shape index (κ2) is 10.4. The molecular weight excluding hydrogens is 444 g/mol.